The SMILES string of the molecule is C=c1/c(=C(/C)N=CCCC)ccn1C1CCC(C(O)c2cccc3cc[nH]c23)O1. The molecule has 0 bridgehead atoms. The van der Waals surface area contributed by atoms with Gasteiger partial charge in [-0.15, -0.1) is 0 Å². The first-order valence-corrected chi connectivity index (χ1v) is 10.4. The van der Waals surface area contributed by atoms with Crippen molar-refractivity contribution < 1.29 is 9.84 Å². The maximum Gasteiger partial charge on any atom is 0.134 e. The molecule has 4 rings (SSSR count). The number of aliphatic hydroxyl groups is 1. The van der Waals surface area contributed by atoms with E-state index in [9.17, 15) is 5.11 Å². The van der Waals surface area contributed by atoms with Crippen LogP contribution in [0.3, 0.4) is 0 Å². The number of rotatable bonds is 6. The highest BCUT2D eigenvalue weighted by atomic mass is 16.5. The van der Waals surface area contributed by atoms with E-state index in [1.54, 1.807) is 0 Å². The number of benzene rings is 1. The summed E-state index contributed by atoms with van der Waals surface area (Å²) in [6, 6.07) is 10.0. The highest BCUT2D eigenvalue weighted by Crippen LogP contribution is 2.36. The number of aliphatic imine (C=N–C) groups is 1. The summed E-state index contributed by atoms with van der Waals surface area (Å²) < 4.78 is 8.34. The maximum atomic E-state index is 11.0. The van der Waals surface area contributed by atoms with Gasteiger partial charge in [0, 0.05) is 40.4 Å². The monoisotopic (exact) mass is 391 g/mol. The second-order valence-electron chi connectivity index (χ2n) is 7.71. The lowest BCUT2D eigenvalue weighted by Crippen LogP contribution is -2.31. The average Bonchev–Trinajstić information content (AvgIpc) is 3.46. The van der Waals surface area contributed by atoms with Crippen LogP contribution < -0.4 is 10.6 Å². The summed E-state index contributed by atoms with van der Waals surface area (Å²) in [6.45, 7) is 8.41. The Morgan fingerprint density at radius 3 is 3.07 bits per heavy atom. The molecule has 1 fully saturated rings. The van der Waals surface area contributed by atoms with Crippen molar-refractivity contribution in [3.05, 3.63) is 58.9 Å². The summed E-state index contributed by atoms with van der Waals surface area (Å²) in [5.74, 6) is 0. The van der Waals surface area contributed by atoms with E-state index in [1.165, 1.54) is 0 Å². The summed E-state index contributed by atoms with van der Waals surface area (Å²) >= 11 is 0. The topological polar surface area (TPSA) is 62.5 Å². The largest absolute Gasteiger partial charge is 0.386 e. The number of hydrogen-bond acceptors (Lipinski definition) is 3. The number of nitrogens with zero attached hydrogens (tertiary/aromatic N) is 2. The Kier molecular flexibility index (Phi) is 5.69. The molecule has 5 nitrogen and oxygen atoms in total. The van der Waals surface area contributed by atoms with E-state index >= 15 is 0 Å². The molecule has 1 aromatic carbocycles. The molecule has 2 N–H and O–H groups in total. The molecular formula is C24H29N3O2. The highest BCUT2D eigenvalue weighted by Gasteiger charge is 2.33. The number of hydrogen-bond donors (Lipinski definition) is 2. The maximum absolute atomic E-state index is 11.0. The molecule has 29 heavy (non-hydrogen) atoms. The fourth-order valence-corrected chi connectivity index (χ4v) is 4.12. The smallest absolute Gasteiger partial charge is 0.134 e. The van der Waals surface area contributed by atoms with E-state index in [2.05, 4.69) is 28.0 Å². The summed E-state index contributed by atoms with van der Waals surface area (Å²) in [4.78, 5) is 7.78. The van der Waals surface area contributed by atoms with E-state index in [0.29, 0.717) is 0 Å². The molecule has 5 heteroatoms. The van der Waals surface area contributed by atoms with Crippen LogP contribution in [0.5, 0.6) is 0 Å². The zero-order valence-corrected chi connectivity index (χ0v) is 17.1. The molecular weight excluding hydrogens is 362 g/mol. The number of unbranched alkanes of at least 4 members (excludes halogenated alkanes) is 1. The van der Waals surface area contributed by atoms with Gasteiger partial charge in [0.1, 0.15) is 12.3 Å². The van der Waals surface area contributed by atoms with Crippen molar-refractivity contribution in [2.24, 2.45) is 4.99 Å². The second-order valence-corrected chi connectivity index (χ2v) is 7.71. The van der Waals surface area contributed by atoms with E-state index in [-0.39, 0.29) is 12.3 Å². The van der Waals surface area contributed by atoms with Crippen LogP contribution in [0, 0.1) is 0 Å². The fourth-order valence-electron chi connectivity index (χ4n) is 4.12. The van der Waals surface area contributed by atoms with Gasteiger partial charge in [-0.05, 0) is 43.7 Å². The van der Waals surface area contributed by atoms with Gasteiger partial charge in [-0.3, -0.25) is 4.99 Å². The number of H-pyrrole nitrogens is 1. The third-order valence-corrected chi connectivity index (χ3v) is 5.75. The van der Waals surface area contributed by atoms with Crippen molar-refractivity contribution >= 4 is 29.4 Å². The van der Waals surface area contributed by atoms with Crippen LogP contribution in [0.25, 0.3) is 23.2 Å². The Hall–Kier alpha value is -2.63. The van der Waals surface area contributed by atoms with E-state index in [1.807, 2.05) is 55.9 Å². The number of aromatic amines is 1. The molecule has 2 aromatic heterocycles. The van der Waals surface area contributed by atoms with Gasteiger partial charge in [-0.25, -0.2) is 0 Å². The number of aliphatic hydroxyl groups excluding tert-OH is 1. The van der Waals surface area contributed by atoms with Gasteiger partial charge in [0.25, 0.3) is 0 Å². The summed E-state index contributed by atoms with van der Waals surface area (Å²) in [5, 5.41) is 14.0. The van der Waals surface area contributed by atoms with Gasteiger partial charge in [0.2, 0.25) is 0 Å². The molecule has 3 aromatic rings. The van der Waals surface area contributed by atoms with Crippen molar-refractivity contribution in [3.8, 4) is 0 Å². The predicted molar refractivity (Wildman–Crippen MR) is 118 cm³/mol. The molecule has 1 saturated heterocycles. The summed E-state index contributed by atoms with van der Waals surface area (Å²) in [7, 11) is 0. The summed E-state index contributed by atoms with van der Waals surface area (Å²) in [6.07, 6.45) is 8.55. The lowest BCUT2D eigenvalue weighted by molar-refractivity contribution is -0.0607. The van der Waals surface area contributed by atoms with E-state index in [4.69, 9.17) is 4.74 Å². The Balaban J connectivity index is 1.54. The van der Waals surface area contributed by atoms with Crippen LogP contribution in [0.1, 0.15) is 57.4 Å². The van der Waals surface area contributed by atoms with Crippen molar-refractivity contribution in [1.29, 1.82) is 0 Å². The van der Waals surface area contributed by atoms with Gasteiger partial charge in [-0.1, -0.05) is 38.1 Å². The molecule has 0 aliphatic carbocycles. The van der Waals surface area contributed by atoms with Gasteiger partial charge in [0.15, 0.2) is 0 Å². The van der Waals surface area contributed by atoms with Crippen LogP contribution in [-0.4, -0.2) is 27.0 Å². The first kappa shape index (κ1) is 19.7. The zero-order valence-electron chi connectivity index (χ0n) is 17.1. The van der Waals surface area contributed by atoms with E-state index in [0.717, 1.165) is 58.4 Å². The third-order valence-electron chi connectivity index (χ3n) is 5.75. The molecule has 0 radical (unpaired) electrons. The third kappa shape index (κ3) is 3.80. The minimum Gasteiger partial charge on any atom is -0.386 e. The summed E-state index contributed by atoms with van der Waals surface area (Å²) in [5.41, 5.74) is 2.83. The molecule has 1 aliphatic rings. The lowest BCUT2D eigenvalue weighted by Gasteiger charge is -2.21. The van der Waals surface area contributed by atoms with Crippen molar-refractivity contribution in [3.63, 3.8) is 0 Å². The molecule has 3 atom stereocenters. The van der Waals surface area contributed by atoms with E-state index < -0.39 is 6.10 Å². The quantitative estimate of drug-likeness (QED) is 0.628. The normalized spacial score (nSPS) is 21.9. The number of nitrogens with one attached hydrogen (secondary N) is 1. The van der Waals surface area contributed by atoms with Crippen LogP contribution in [0.2, 0.25) is 0 Å². The Labute approximate surface area is 171 Å². The highest BCUT2D eigenvalue weighted by molar-refractivity contribution is 5.82. The Morgan fingerprint density at radius 2 is 2.24 bits per heavy atom. The molecule has 3 unspecified atom stereocenters. The minimum absolute atomic E-state index is 0.119. The first-order valence-electron chi connectivity index (χ1n) is 10.4. The van der Waals surface area contributed by atoms with Crippen LogP contribution in [-0.2, 0) is 4.74 Å². The molecule has 0 spiro atoms. The van der Waals surface area contributed by atoms with Gasteiger partial charge >= 0.3 is 0 Å². The molecule has 152 valence electrons. The lowest BCUT2D eigenvalue weighted by atomic mass is 10.0. The van der Waals surface area contributed by atoms with Gasteiger partial charge in [-0.2, -0.15) is 0 Å². The zero-order chi connectivity index (χ0) is 20.4. The molecule has 0 saturated carbocycles. The number of aromatic nitrogens is 2. The van der Waals surface area contributed by atoms with Gasteiger partial charge in [0.05, 0.1) is 11.6 Å². The average molecular weight is 392 g/mol. The number of para-hydroxylation sites is 1. The van der Waals surface area contributed by atoms with Crippen molar-refractivity contribution in [2.45, 2.75) is 58.0 Å². The minimum atomic E-state index is -0.669. The Bertz CT molecular complexity index is 1120. The fraction of sp³-hybridized carbons (Fsp3) is 0.375. The first-order chi connectivity index (χ1) is 14.1. The molecule has 1 aliphatic heterocycles. The predicted octanol–water partition coefficient (Wildman–Crippen LogP) is 3.79. The number of fused-ring (bicyclic) bond motifs is 1. The van der Waals surface area contributed by atoms with Crippen LogP contribution >= 0.6 is 0 Å². The van der Waals surface area contributed by atoms with Crippen LogP contribution in [0.15, 0.2) is 47.7 Å². The van der Waals surface area contributed by atoms with Crippen molar-refractivity contribution in [2.75, 3.05) is 0 Å². The standard InChI is InChI=1S/C24H29N3O2/c1-4-5-13-25-16(2)19-12-15-27(17(19)3)22-10-9-21(29-22)24(28)20-8-6-7-18-11-14-26-23(18)20/h6-8,11-15,21-22,24,26,28H,3-5,9-10H2,1-2H3/b19-16-,25-13?. The molecule has 3 heterocycles. The van der Waals surface area contributed by atoms with Crippen LogP contribution in [0.4, 0.5) is 0 Å². The van der Waals surface area contributed by atoms with Gasteiger partial charge < -0.3 is 19.4 Å². The molecule has 0 amide bonds. The van der Waals surface area contributed by atoms with Crippen molar-refractivity contribution in [1.82, 2.24) is 9.55 Å². The second kappa shape index (κ2) is 8.39. The Morgan fingerprint density at radius 1 is 1.38 bits per heavy atom. The number of ether oxygens (including phenoxy) is 1.